The first-order valence-corrected chi connectivity index (χ1v) is 28.7. The molecule has 2 rings (SSSR count). The van der Waals surface area contributed by atoms with Crippen LogP contribution in [0.4, 0.5) is 5.82 Å². The number of esters is 2. The van der Waals surface area contributed by atoms with Crippen molar-refractivity contribution in [3.63, 3.8) is 0 Å². The lowest BCUT2D eigenvalue weighted by molar-refractivity contribution is -0.161. The van der Waals surface area contributed by atoms with Crippen LogP contribution in [0.25, 0.3) is 0 Å². The van der Waals surface area contributed by atoms with Crippen LogP contribution < -0.4 is 11.4 Å². The van der Waals surface area contributed by atoms with E-state index in [0.29, 0.717) is 32.1 Å². The zero-order valence-corrected chi connectivity index (χ0v) is 43.9. The van der Waals surface area contributed by atoms with E-state index in [1.54, 1.807) is 6.08 Å². The molecule has 1 aliphatic heterocycles. The molecule has 0 radical (unpaired) electrons. The third-order valence-corrected chi connectivity index (χ3v) is 14.1. The first-order valence-electron chi connectivity index (χ1n) is 25.8. The van der Waals surface area contributed by atoms with Gasteiger partial charge < -0.3 is 45.1 Å². The first kappa shape index (κ1) is 63.8. The van der Waals surface area contributed by atoms with Gasteiger partial charge in [0.15, 0.2) is 12.3 Å². The van der Waals surface area contributed by atoms with Crippen LogP contribution in [0, 0.1) is 0 Å². The Morgan fingerprint density at radius 1 is 0.746 bits per heavy atom. The number of anilines is 1. The maximum absolute atomic E-state index is 12.9. The highest BCUT2D eigenvalue weighted by molar-refractivity contribution is 7.61. The van der Waals surface area contributed by atoms with Gasteiger partial charge in [0, 0.05) is 19.0 Å². The van der Waals surface area contributed by atoms with Crippen LogP contribution >= 0.6 is 15.6 Å². The van der Waals surface area contributed by atoms with Gasteiger partial charge in [0.05, 0.1) is 19.3 Å². The summed E-state index contributed by atoms with van der Waals surface area (Å²) in [5.41, 5.74) is 4.58. The van der Waals surface area contributed by atoms with Gasteiger partial charge in [-0.1, -0.05) is 165 Å². The van der Waals surface area contributed by atoms with Gasteiger partial charge in [-0.15, -0.1) is 0 Å². The Hall–Kier alpha value is -3.32. The van der Waals surface area contributed by atoms with Crippen LogP contribution in [-0.2, 0) is 46.3 Å². The number of nitrogens with zero attached hydrogens (tertiary/aromatic N) is 2. The summed E-state index contributed by atoms with van der Waals surface area (Å²) in [7, 11) is -10.9. The molecule has 1 saturated heterocycles. The number of aliphatic hydroxyl groups excluding tert-OH is 3. The van der Waals surface area contributed by atoms with Gasteiger partial charge in [-0.25, -0.2) is 13.9 Å². The molecule has 71 heavy (non-hydrogen) atoms. The van der Waals surface area contributed by atoms with Crippen molar-refractivity contribution in [3.8, 4) is 0 Å². The predicted molar refractivity (Wildman–Crippen MR) is 272 cm³/mol. The average molecular weight is 1050 g/mol. The van der Waals surface area contributed by atoms with E-state index in [2.05, 4.69) is 29.2 Å². The van der Waals surface area contributed by atoms with Gasteiger partial charge in [0.2, 0.25) is 0 Å². The zero-order chi connectivity index (χ0) is 52.2. The van der Waals surface area contributed by atoms with Crippen molar-refractivity contribution in [2.75, 3.05) is 25.6 Å². The number of ether oxygens (including phenoxy) is 3. The highest BCUT2D eigenvalue weighted by Gasteiger charge is 2.46. The number of aliphatic hydroxyl groups is 3. The molecule has 8 atom stereocenters. The van der Waals surface area contributed by atoms with Crippen molar-refractivity contribution in [1.82, 2.24) is 9.55 Å². The summed E-state index contributed by atoms with van der Waals surface area (Å²) in [6, 6.07) is 1.24. The number of nitrogen functional groups attached to an aromatic ring is 1. The Morgan fingerprint density at radius 2 is 1.32 bits per heavy atom. The smallest absolute Gasteiger partial charge is 0.462 e. The van der Waals surface area contributed by atoms with Gasteiger partial charge in [-0.2, -0.15) is 9.29 Å². The van der Waals surface area contributed by atoms with Crippen LogP contribution in [-0.4, -0.2) is 96.9 Å². The van der Waals surface area contributed by atoms with Gasteiger partial charge in [-0.3, -0.25) is 23.2 Å². The lowest BCUT2D eigenvalue weighted by Crippen LogP contribution is -2.36. The van der Waals surface area contributed by atoms with Gasteiger partial charge in [0.1, 0.15) is 30.7 Å². The number of aromatic nitrogens is 2. The second-order valence-electron chi connectivity index (χ2n) is 17.9. The van der Waals surface area contributed by atoms with Crippen molar-refractivity contribution in [2.45, 2.75) is 211 Å². The molecule has 0 aliphatic carbocycles. The number of rotatable bonds is 42. The van der Waals surface area contributed by atoms with Crippen LogP contribution in [0.5, 0.6) is 0 Å². The number of hydrogen-bond acceptors (Lipinski definition) is 16. The minimum Gasteiger partial charge on any atom is -0.462 e. The van der Waals surface area contributed by atoms with Crippen LogP contribution in [0.1, 0.15) is 181 Å². The van der Waals surface area contributed by atoms with Crippen LogP contribution in [0.2, 0.25) is 0 Å². The van der Waals surface area contributed by atoms with Crippen molar-refractivity contribution in [3.05, 3.63) is 71.4 Å². The maximum atomic E-state index is 12.9. The number of unbranched alkanes of at least 4 members (excludes halogenated alkanes) is 18. The Kier molecular flexibility index (Phi) is 34.4. The summed E-state index contributed by atoms with van der Waals surface area (Å²) in [6.45, 7) is 2.00. The number of nitrogens with two attached hydrogens (primary N) is 1. The molecule has 1 aromatic rings. The number of carbonyl (C=O) groups excluding carboxylic acids is 2. The highest BCUT2D eigenvalue weighted by atomic mass is 31.3. The third kappa shape index (κ3) is 31.1. The largest absolute Gasteiger partial charge is 0.481 e. The molecule has 2 heterocycles. The molecule has 21 heteroatoms. The summed E-state index contributed by atoms with van der Waals surface area (Å²) in [4.78, 5) is 61.9. The molecule has 1 aromatic heterocycles. The molecule has 0 bridgehead atoms. The molecule has 7 N–H and O–H groups in total. The summed E-state index contributed by atoms with van der Waals surface area (Å²) >= 11 is 0. The highest BCUT2D eigenvalue weighted by Crippen LogP contribution is 2.60. The number of phosphoric ester groups is 2. The molecule has 0 saturated carbocycles. The molecule has 1 aliphatic rings. The summed E-state index contributed by atoms with van der Waals surface area (Å²) in [5.74, 6) is -1.40. The molecule has 0 amide bonds. The van der Waals surface area contributed by atoms with E-state index in [1.807, 2.05) is 36.5 Å². The molecule has 1 fully saturated rings. The lowest BCUT2D eigenvalue weighted by atomic mass is 10.0. The van der Waals surface area contributed by atoms with Crippen molar-refractivity contribution >= 4 is 33.4 Å². The Labute approximate surface area is 421 Å². The van der Waals surface area contributed by atoms with Crippen LogP contribution in [0.15, 0.2) is 65.7 Å². The minimum absolute atomic E-state index is 0.0177. The molecule has 406 valence electrons. The fraction of sp³-hybridized carbons (Fsp3) is 0.720. The normalized spacial score (nSPS) is 20.0. The predicted octanol–water partition coefficient (Wildman–Crippen LogP) is 9.53. The second-order valence-corrected chi connectivity index (χ2v) is 20.9. The minimum atomic E-state index is -5.44. The molecular formula is C50H85N3O16P2. The summed E-state index contributed by atoms with van der Waals surface area (Å²) in [5, 5.41) is 31.0. The fourth-order valence-corrected chi connectivity index (χ4v) is 9.56. The average Bonchev–Trinajstić information content (AvgIpc) is 3.60. The SMILES string of the molecule is CCCCC/C=C\C=C/[C@@H](O)C/C=C\C/C=C/CCCC(=O)OC[C@H](COP(=O)(O)OP(=O)(O)OC[C@H]1O[C@@H](n2ccc(N)nc2=O)[C@H](O)[C@@H]1O)OC(=O)CCCCCCCCCCCCCCCCC. The molecule has 2 unspecified atom stereocenters. The Balaban J connectivity index is 1.83. The van der Waals surface area contributed by atoms with E-state index in [0.717, 1.165) is 49.3 Å². The van der Waals surface area contributed by atoms with E-state index in [4.69, 9.17) is 29.0 Å². The standard InChI is InChI=1S/C50H85N3O16P2/c1-3-5-7-9-11-12-13-14-15-16-17-18-22-27-31-35-46(56)67-42(38-64-45(55)34-30-26-23-19-21-25-29-33-41(54)32-28-24-20-10-8-6-4-2)39-65-70(60,61)69-71(62,63)66-40-43-47(57)48(58)49(68-43)53-37-36-44(51)52-50(53)59/h19-20,23-25,28-29,32,36-37,41-43,47-49,54,57-58H,3-18,21-22,26-27,30-31,33-35,38-40H2,1-2H3,(H,60,61)(H,62,63)(H2,51,52,59)/b23-19+,24-20-,29-25-,32-28-/t41-,42-,43-,47-,48-,49-/m1/s1. The fourth-order valence-electron chi connectivity index (χ4n) is 7.45. The maximum Gasteiger partial charge on any atom is 0.481 e. The van der Waals surface area contributed by atoms with Crippen LogP contribution in [0.3, 0.4) is 0 Å². The molecule has 0 spiro atoms. The van der Waals surface area contributed by atoms with E-state index >= 15 is 0 Å². The van der Waals surface area contributed by atoms with Crippen molar-refractivity contribution in [1.29, 1.82) is 0 Å². The second kappa shape index (κ2) is 38.3. The summed E-state index contributed by atoms with van der Waals surface area (Å²) < 4.78 is 56.7. The van der Waals surface area contributed by atoms with Gasteiger partial charge in [-0.05, 0) is 51.0 Å². The van der Waals surface area contributed by atoms with Gasteiger partial charge in [0.25, 0.3) is 0 Å². The topological polar surface area (TPSA) is 286 Å². The first-order chi connectivity index (χ1) is 34.1. The lowest BCUT2D eigenvalue weighted by Gasteiger charge is -2.21. The van der Waals surface area contributed by atoms with E-state index < -0.39 is 89.8 Å². The van der Waals surface area contributed by atoms with Gasteiger partial charge >= 0.3 is 33.3 Å². The number of allylic oxidation sites excluding steroid dienone is 6. The Bertz CT molecular complexity index is 1890. The molecule has 0 aromatic carbocycles. The molecule has 19 nitrogen and oxygen atoms in total. The van der Waals surface area contributed by atoms with Crippen molar-refractivity contribution in [2.24, 2.45) is 0 Å². The van der Waals surface area contributed by atoms with E-state index in [9.17, 15) is 48.6 Å². The quantitative estimate of drug-likeness (QED) is 0.0117. The van der Waals surface area contributed by atoms with Crippen molar-refractivity contribution < 1.29 is 71.4 Å². The number of hydrogen-bond donors (Lipinski definition) is 6. The Morgan fingerprint density at radius 3 is 1.97 bits per heavy atom. The monoisotopic (exact) mass is 1050 g/mol. The third-order valence-electron chi connectivity index (χ3n) is 11.5. The molecular weight excluding hydrogens is 961 g/mol. The van der Waals surface area contributed by atoms with E-state index in [-0.39, 0.29) is 18.7 Å². The zero-order valence-electron chi connectivity index (χ0n) is 42.1. The number of phosphoric acid groups is 2. The van der Waals surface area contributed by atoms with E-state index in [1.165, 1.54) is 83.1 Å². The summed E-state index contributed by atoms with van der Waals surface area (Å²) in [6.07, 6.45) is 32.1. The number of carbonyl (C=O) groups is 2.